The number of nitrogens with one attached hydrogen (secondary N) is 1. The van der Waals surface area contributed by atoms with Crippen molar-refractivity contribution in [2.24, 2.45) is 0 Å². The van der Waals surface area contributed by atoms with Crippen LogP contribution in [0.1, 0.15) is 25.7 Å². The number of carbonyl (C=O) groups excluding carboxylic acids is 2. The number of carboxylic acids is 1. The number of rotatable bonds is 5. The maximum atomic E-state index is 11.6. The van der Waals surface area contributed by atoms with E-state index in [4.69, 9.17) is 5.11 Å². The van der Waals surface area contributed by atoms with Crippen LogP contribution in [0.2, 0.25) is 0 Å². The summed E-state index contributed by atoms with van der Waals surface area (Å²) in [5.41, 5.74) is 0. The van der Waals surface area contributed by atoms with Crippen LogP contribution in [0.15, 0.2) is 0 Å². The Morgan fingerprint density at radius 1 is 1.31 bits per heavy atom. The van der Waals surface area contributed by atoms with E-state index in [0.717, 1.165) is 0 Å². The highest BCUT2D eigenvalue weighted by Crippen LogP contribution is 2.04. The minimum atomic E-state index is -0.843. The molecule has 1 aliphatic rings. The number of amides is 2. The standard InChI is InChI=1S/C10H16N2O4/c13-8-7-12(6-5-11-8)9(14)3-1-2-4-10(15)16/h1-7H2,(H,11,13)(H,15,16). The maximum Gasteiger partial charge on any atom is 0.303 e. The molecule has 2 amide bonds. The van der Waals surface area contributed by atoms with Crippen molar-refractivity contribution in [1.29, 1.82) is 0 Å². The first-order chi connectivity index (χ1) is 7.59. The van der Waals surface area contributed by atoms with Crippen molar-refractivity contribution >= 4 is 17.8 Å². The molecule has 0 aromatic heterocycles. The molecule has 16 heavy (non-hydrogen) atoms. The zero-order valence-corrected chi connectivity index (χ0v) is 9.07. The predicted octanol–water partition coefficient (Wildman–Crippen LogP) is -0.410. The summed E-state index contributed by atoms with van der Waals surface area (Å²) >= 11 is 0. The van der Waals surface area contributed by atoms with E-state index < -0.39 is 5.97 Å². The Kier molecular flexibility index (Phi) is 4.75. The molecule has 1 aliphatic heterocycles. The molecule has 0 spiro atoms. The second kappa shape index (κ2) is 6.09. The molecule has 90 valence electrons. The van der Waals surface area contributed by atoms with Crippen LogP contribution in [0.5, 0.6) is 0 Å². The molecular formula is C10H16N2O4. The number of nitrogens with zero attached hydrogens (tertiary/aromatic N) is 1. The van der Waals surface area contributed by atoms with Crippen LogP contribution in [-0.4, -0.2) is 47.4 Å². The molecule has 0 atom stereocenters. The van der Waals surface area contributed by atoms with Gasteiger partial charge in [-0.1, -0.05) is 0 Å². The van der Waals surface area contributed by atoms with Crippen LogP contribution in [-0.2, 0) is 14.4 Å². The van der Waals surface area contributed by atoms with E-state index in [-0.39, 0.29) is 24.8 Å². The third-order valence-electron chi connectivity index (χ3n) is 2.42. The molecule has 1 rings (SSSR count). The van der Waals surface area contributed by atoms with Crippen LogP contribution in [0.4, 0.5) is 0 Å². The molecule has 6 nitrogen and oxygen atoms in total. The van der Waals surface area contributed by atoms with Gasteiger partial charge in [-0.05, 0) is 12.8 Å². The maximum absolute atomic E-state index is 11.6. The van der Waals surface area contributed by atoms with Crippen molar-refractivity contribution < 1.29 is 19.5 Å². The van der Waals surface area contributed by atoms with E-state index in [9.17, 15) is 14.4 Å². The molecule has 1 heterocycles. The van der Waals surface area contributed by atoms with Gasteiger partial charge < -0.3 is 15.3 Å². The van der Waals surface area contributed by atoms with Gasteiger partial charge in [0.25, 0.3) is 0 Å². The molecule has 2 N–H and O–H groups in total. The SMILES string of the molecule is O=C(O)CCCCC(=O)N1CCNC(=O)C1. The molecule has 0 bridgehead atoms. The summed E-state index contributed by atoms with van der Waals surface area (Å²) in [5, 5.41) is 11.1. The molecule has 0 aliphatic carbocycles. The number of unbranched alkanes of at least 4 members (excludes halogenated alkanes) is 1. The Morgan fingerprint density at radius 3 is 2.62 bits per heavy atom. The zero-order valence-electron chi connectivity index (χ0n) is 9.07. The molecule has 0 aromatic carbocycles. The predicted molar refractivity (Wildman–Crippen MR) is 55.7 cm³/mol. The molecule has 0 saturated carbocycles. The summed E-state index contributed by atoms with van der Waals surface area (Å²) in [6.07, 6.45) is 1.47. The van der Waals surface area contributed by atoms with E-state index in [1.54, 1.807) is 0 Å². The summed E-state index contributed by atoms with van der Waals surface area (Å²) < 4.78 is 0. The highest BCUT2D eigenvalue weighted by Gasteiger charge is 2.20. The van der Waals surface area contributed by atoms with Gasteiger partial charge >= 0.3 is 5.97 Å². The summed E-state index contributed by atoms with van der Waals surface area (Å²) in [7, 11) is 0. The number of hydrogen-bond acceptors (Lipinski definition) is 3. The van der Waals surface area contributed by atoms with E-state index in [1.165, 1.54) is 4.90 Å². The molecule has 1 saturated heterocycles. The third-order valence-corrected chi connectivity index (χ3v) is 2.42. The van der Waals surface area contributed by atoms with E-state index in [0.29, 0.717) is 32.4 Å². The van der Waals surface area contributed by atoms with E-state index in [2.05, 4.69) is 5.32 Å². The molecule has 0 unspecified atom stereocenters. The van der Waals surface area contributed by atoms with Crippen molar-refractivity contribution in [3.05, 3.63) is 0 Å². The first kappa shape index (κ1) is 12.5. The van der Waals surface area contributed by atoms with Gasteiger partial charge in [-0.15, -0.1) is 0 Å². The lowest BCUT2D eigenvalue weighted by Crippen LogP contribution is -2.49. The van der Waals surface area contributed by atoms with Gasteiger partial charge in [0.2, 0.25) is 11.8 Å². The zero-order chi connectivity index (χ0) is 12.0. The summed E-state index contributed by atoms with van der Waals surface area (Å²) in [6.45, 7) is 1.17. The molecule has 1 fully saturated rings. The van der Waals surface area contributed by atoms with Gasteiger partial charge in [-0.25, -0.2) is 0 Å². The van der Waals surface area contributed by atoms with Gasteiger partial charge in [0.15, 0.2) is 0 Å². The number of aliphatic carboxylic acids is 1. The summed E-state index contributed by atoms with van der Waals surface area (Å²) in [6, 6.07) is 0. The lowest BCUT2D eigenvalue weighted by atomic mass is 10.1. The van der Waals surface area contributed by atoms with Crippen LogP contribution >= 0.6 is 0 Å². The highest BCUT2D eigenvalue weighted by molar-refractivity contribution is 5.85. The second-order valence-corrected chi connectivity index (χ2v) is 3.77. The largest absolute Gasteiger partial charge is 0.481 e. The van der Waals surface area contributed by atoms with Crippen LogP contribution in [0, 0.1) is 0 Å². The van der Waals surface area contributed by atoms with E-state index in [1.807, 2.05) is 0 Å². The Bertz CT molecular complexity index is 291. The van der Waals surface area contributed by atoms with Crippen LogP contribution in [0.25, 0.3) is 0 Å². The van der Waals surface area contributed by atoms with Gasteiger partial charge in [0, 0.05) is 25.9 Å². The Labute approximate surface area is 93.6 Å². The van der Waals surface area contributed by atoms with Crippen molar-refractivity contribution in [2.75, 3.05) is 19.6 Å². The van der Waals surface area contributed by atoms with E-state index >= 15 is 0 Å². The number of piperazine rings is 1. The molecule has 0 radical (unpaired) electrons. The quantitative estimate of drug-likeness (QED) is 0.626. The van der Waals surface area contributed by atoms with Crippen molar-refractivity contribution in [3.63, 3.8) is 0 Å². The van der Waals surface area contributed by atoms with Gasteiger partial charge in [-0.2, -0.15) is 0 Å². The molecule has 6 heteroatoms. The number of hydrogen-bond donors (Lipinski definition) is 2. The van der Waals surface area contributed by atoms with Gasteiger partial charge in [-0.3, -0.25) is 14.4 Å². The first-order valence-corrected chi connectivity index (χ1v) is 5.36. The van der Waals surface area contributed by atoms with Crippen LogP contribution in [0.3, 0.4) is 0 Å². The third kappa shape index (κ3) is 4.29. The van der Waals surface area contributed by atoms with Gasteiger partial charge in [0.1, 0.15) is 0 Å². The summed E-state index contributed by atoms with van der Waals surface area (Å²) in [5.74, 6) is -1.05. The molecule has 0 aromatic rings. The Balaban J connectivity index is 2.19. The first-order valence-electron chi connectivity index (χ1n) is 5.36. The topological polar surface area (TPSA) is 86.7 Å². The highest BCUT2D eigenvalue weighted by atomic mass is 16.4. The lowest BCUT2D eigenvalue weighted by Gasteiger charge is -2.26. The monoisotopic (exact) mass is 228 g/mol. The van der Waals surface area contributed by atoms with Gasteiger partial charge in [0.05, 0.1) is 6.54 Å². The normalized spacial score (nSPS) is 15.8. The smallest absolute Gasteiger partial charge is 0.303 e. The van der Waals surface area contributed by atoms with Crippen molar-refractivity contribution in [2.45, 2.75) is 25.7 Å². The fourth-order valence-corrected chi connectivity index (χ4v) is 1.56. The van der Waals surface area contributed by atoms with Crippen molar-refractivity contribution in [1.82, 2.24) is 10.2 Å². The van der Waals surface area contributed by atoms with Crippen molar-refractivity contribution in [3.8, 4) is 0 Å². The summed E-state index contributed by atoms with van der Waals surface area (Å²) in [4.78, 5) is 34.4. The Morgan fingerprint density at radius 2 is 2.00 bits per heavy atom. The lowest BCUT2D eigenvalue weighted by molar-refractivity contribution is -0.139. The fraction of sp³-hybridized carbons (Fsp3) is 0.700. The minimum absolute atomic E-state index is 0.0692. The number of carboxylic acid groups (broad SMARTS) is 1. The fourth-order valence-electron chi connectivity index (χ4n) is 1.56. The Hall–Kier alpha value is -1.59. The second-order valence-electron chi connectivity index (χ2n) is 3.77. The molecular weight excluding hydrogens is 212 g/mol. The average Bonchev–Trinajstić information content (AvgIpc) is 2.24. The minimum Gasteiger partial charge on any atom is -0.481 e. The number of carbonyl (C=O) groups is 3. The van der Waals surface area contributed by atoms with Crippen LogP contribution < -0.4 is 5.32 Å². The average molecular weight is 228 g/mol.